The Hall–Kier alpha value is -0.950. The summed E-state index contributed by atoms with van der Waals surface area (Å²) in [6.07, 6.45) is 0. The second kappa shape index (κ2) is 6.00. The molecule has 0 spiro atoms. The SMILES string of the molecule is Cc1c(Br)cc(NC(=O)[C@@H](C#N)S(=O)(=O)O)cc1Br. The van der Waals surface area contributed by atoms with E-state index < -0.39 is 21.3 Å². The fourth-order valence-corrected chi connectivity index (χ4v) is 2.83. The van der Waals surface area contributed by atoms with Gasteiger partial charge in [-0.2, -0.15) is 13.7 Å². The molecule has 0 saturated carbocycles. The number of rotatable bonds is 3. The van der Waals surface area contributed by atoms with Gasteiger partial charge in [-0.1, -0.05) is 31.9 Å². The monoisotopic (exact) mass is 410 g/mol. The van der Waals surface area contributed by atoms with Crippen LogP contribution in [-0.2, 0) is 14.9 Å². The molecule has 102 valence electrons. The van der Waals surface area contributed by atoms with E-state index in [1.165, 1.54) is 6.07 Å². The Kier molecular flexibility index (Phi) is 5.09. The molecule has 0 fully saturated rings. The van der Waals surface area contributed by atoms with E-state index in [0.29, 0.717) is 14.6 Å². The van der Waals surface area contributed by atoms with Crippen molar-refractivity contribution < 1.29 is 17.8 Å². The topological polar surface area (TPSA) is 107 Å². The first-order valence-electron chi connectivity index (χ1n) is 4.79. The van der Waals surface area contributed by atoms with Gasteiger partial charge in [0.05, 0.1) is 6.07 Å². The van der Waals surface area contributed by atoms with Crippen molar-refractivity contribution in [2.45, 2.75) is 12.2 Å². The fraction of sp³-hybridized carbons (Fsp3) is 0.200. The first kappa shape index (κ1) is 16.1. The summed E-state index contributed by atoms with van der Waals surface area (Å²) in [5.41, 5.74) is 1.18. The number of amides is 1. The van der Waals surface area contributed by atoms with Gasteiger partial charge in [0.15, 0.2) is 0 Å². The molecule has 1 atom stereocenters. The van der Waals surface area contributed by atoms with Gasteiger partial charge in [0.2, 0.25) is 0 Å². The van der Waals surface area contributed by atoms with E-state index in [1.54, 1.807) is 12.1 Å². The summed E-state index contributed by atoms with van der Waals surface area (Å²) in [7, 11) is -4.76. The first-order valence-corrected chi connectivity index (χ1v) is 7.88. The van der Waals surface area contributed by atoms with Gasteiger partial charge in [0.25, 0.3) is 21.3 Å². The molecule has 6 nitrogen and oxygen atoms in total. The van der Waals surface area contributed by atoms with E-state index in [4.69, 9.17) is 9.81 Å². The normalized spacial score (nSPS) is 12.6. The van der Waals surface area contributed by atoms with E-state index in [-0.39, 0.29) is 0 Å². The van der Waals surface area contributed by atoms with Crippen LogP contribution in [0.1, 0.15) is 5.56 Å². The van der Waals surface area contributed by atoms with Crippen LogP contribution in [0.5, 0.6) is 0 Å². The van der Waals surface area contributed by atoms with Crippen molar-refractivity contribution in [3.8, 4) is 6.07 Å². The molecule has 19 heavy (non-hydrogen) atoms. The molecular weight excluding hydrogens is 404 g/mol. The molecule has 0 bridgehead atoms. The fourth-order valence-electron chi connectivity index (χ4n) is 1.19. The molecule has 1 aromatic rings. The molecule has 9 heteroatoms. The lowest BCUT2D eigenvalue weighted by molar-refractivity contribution is -0.115. The molecule has 0 aliphatic carbocycles. The molecule has 0 aliphatic heterocycles. The summed E-state index contributed by atoms with van der Waals surface area (Å²) in [6.45, 7) is 1.83. The summed E-state index contributed by atoms with van der Waals surface area (Å²) >= 11 is 6.53. The number of hydrogen-bond donors (Lipinski definition) is 2. The lowest BCUT2D eigenvalue weighted by atomic mass is 10.2. The Morgan fingerprint density at radius 1 is 1.42 bits per heavy atom. The van der Waals surface area contributed by atoms with Crippen molar-refractivity contribution in [3.05, 3.63) is 26.6 Å². The van der Waals surface area contributed by atoms with Crippen LogP contribution < -0.4 is 5.32 Å². The quantitative estimate of drug-likeness (QED) is 0.741. The zero-order valence-corrected chi connectivity index (χ0v) is 13.5. The number of hydrogen-bond acceptors (Lipinski definition) is 4. The van der Waals surface area contributed by atoms with Crippen LogP contribution >= 0.6 is 31.9 Å². The second-order valence-corrected chi connectivity index (χ2v) is 6.79. The molecule has 1 aromatic carbocycles. The highest BCUT2D eigenvalue weighted by molar-refractivity contribution is 9.11. The van der Waals surface area contributed by atoms with Gasteiger partial charge in [-0.05, 0) is 24.6 Å². The number of anilines is 1. The van der Waals surface area contributed by atoms with Crippen LogP contribution in [0.15, 0.2) is 21.1 Å². The number of nitrogens with one attached hydrogen (secondary N) is 1. The molecule has 1 rings (SSSR count). The lowest BCUT2D eigenvalue weighted by Gasteiger charge is -2.10. The molecule has 0 heterocycles. The summed E-state index contributed by atoms with van der Waals surface area (Å²) in [6, 6.07) is 4.33. The second-order valence-electron chi connectivity index (χ2n) is 3.58. The lowest BCUT2D eigenvalue weighted by Crippen LogP contribution is -2.33. The Labute approximate surface area is 126 Å². The van der Waals surface area contributed by atoms with Crippen LogP contribution in [0.3, 0.4) is 0 Å². The van der Waals surface area contributed by atoms with Gasteiger partial charge in [-0.25, -0.2) is 0 Å². The van der Waals surface area contributed by atoms with Gasteiger partial charge in [0, 0.05) is 14.6 Å². The van der Waals surface area contributed by atoms with Crippen molar-refractivity contribution >= 4 is 53.6 Å². The zero-order chi connectivity index (χ0) is 14.8. The van der Waals surface area contributed by atoms with E-state index in [9.17, 15) is 13.2 Å². The van der Waals surface area contributed by atoms with Crippen LogP contribution in [0.25, 0.3) is 0 Å². The molecule has 0 radical (unpaired) electrons. The van der Waals surface area contributed by atoms with E-state index >= 15 is 0 Å². The smallest absolute Gasteiger partial charge is 0.290 e. The van der Waals surface area contributed by atoms with E-state index in [1.807, 2.05) is 6.92 Å². The summed E-state index contributed by atoms with van der Waals surface area (Å²) in [4.78, 5) is 11.6. The van der Waals surface area contributed by atoms with Gasteiger partial charge in [0.1, 0.15) is 0 Å². The number of carbonyl (C=O) groups is 1. The minimum Gasteiger partial charge on any atom is -0.324 e. The molecule has 1 amide bonds. The summed E-state index contributed by atoms with van der Waals surface area (Å²) in [5.74, 6) is -1.12. The Balaban J connectivity index is 3.05. The van der Waals surface area contributed by atoms with E-state index in [2.05, 4.69) is 37.2 Å². The van der Waals surface area contributed by atoms with Crippen molar-refractivity contribution in [1.29, 1.82) is 5.26 Å². The average molecular weight is 412 g/mol. The molecule has 0 unspecified atom stereocenters. The molecule has 0 aromatic heterocycles. The van der Waals surface area contributed by atoms with Crippen molar-refractivity contribution in [3.63, 3.8) is 0 Å². The van der Waals surface area contributed by atoms with Crippen molar-refractivity contribution in [1.82, 2.24) is 0 Å². The van der Waals surface area contributed by atoms with Crippen molar-refractivity contribution in [2.75, 3.05) is 5.32 Å². The maximum Gasteiger partial charge on any atom is 0.290 e. The average Bonchev–Trinajstić information content (AvgIpc) is 2.24. The zero-order valence-electron chi connectivity index (χ0n) is 9.52. The maximum absolute atomic E-state index is 11.6. The number of nitrogens with zero attached hydrogens (tertiary/aromatic N) is 1. The third-order valence-corrected chi connectivity index (χ3v) is 4.76. The Morgan fingerprint density at radius 3 is 2.26 bits per heavy atom. The molecular formula is C10H8Br2N2O4S. The van der Waals surface area contributed by atoms with Gasteiger partial charge < -0.3 is 5.32 Å². The predicted octanol–water partition coefficient (Wildman–Crippen LogP) is 2.24. The van der Waals surface area contributed by atoms with E-state index in [0.717, 1.165) is 5.56 Å². The number of nitriles is 1. The Morgan fingerprint density at radius 2 is 1.89 bits per heavy atom. The number of benzene rings is 1. The number of halogens is 2. The molecule has 0 aliphatic rings. The highest BCUT2D eigenvalue weighted by atomic mass is 79.9. The number of carbonyl (C=O) groups excluding carboxylic acids is 1. The first-order chi connectivity index (χ1) is 8.66. The minimum absolute atomic E-state index is 0.290. The van der Waals surface area contributed by atoms with Gasteiger partial charge in [-0.15, -0.1) is 0 Å². The molecule has 2 N–H and O–H groups in total. The van der Waals surface area contributed by atoms with Gasteiger partial charge >= 0.3 is 0 Å². The van der Waals surface area contributed by atoms with Crippen LogP contribution in [0, 0.1) is 18.3 Å². The highest BCUT2D eigenvalue weighted by Gasteiger charge is 2.31. The largest absolute Gasteiger partial charge is 0.324 e. The molecule has 0 saturated heterocycles. The summed E-state index contributed by atoms with van der Waals surface area (Å²) < 4.78 is 31.8. The van der Waals surface area contributed by atoms with Crippen LogP contribution in [0.2, 0.25) is 0 Å². The maximum atomic E-state index is 11.6. The minimum atomic E-state index is -4.76. The van der Waals surface area contributed by atoms with Gasteiger partial charge in [-0.3, -0.25) is 9.35 Å². The third-order valence-electron chi connectivity index (χ3n) is 2.20. The highest BCUT2D eigenvalue weighted by Crippen LogP contribution is 2.28. The van der Waals surface area contributed by atoms with Crippen LogP contribution in [-0.4, -0.2) is 24.1 Å². The predicted molar refractivity (Wildman–Crippen MR) is 76.2 cm³/mol. The van der Waals surface area contributed by atoms with Crippen LogP contribution in [0.4, 0.5) is 5.69 Å². The third kappa shape index (κ3) is 4.01. The standard InChI is InChI=1S/C10H8Br2N2O4S/c1-5-7(11)2-6(3-8(5)12)14-10(15)9(4-13)19(16,17)18/h2-3,9H,1H3,(H,14,15)(H,16,17,18)/t9-/m1/s1. The summed E-state index contributed by atoms with van der Waals surface area (Å²) in [5, 5.41) is 8.68. The van der Waals surface area contributed by atoms with Crippen molar-refractivity contribution in [2.24, 2.45) is 0 Å². The Bertz CT molecular complexity index is 644.